The molecular formula is C20H17F7N2O2. The summed E-state index contributed by atoms with van der Waals surface area (Å²) < 4.78 is 96.3. The van der Waals surface area contributed by atoms with Gasteiger partial charge in [-0.3, -0.25) is 10.1 Å². The Hall–Kier alpha value is -2.66. The summed E-state index contributed by atoms with van der Waals surface area (Å²) in [6, 6.07) is 5.53. The van der Waals surface area contributed by atoms with Crippen molar-refractivity contribution in [3.8, 4) is 0 Å². The van der Waals surface area contributed by atoms with Gasteiger partial charge in [-0.05, 0) is 41.5 Å². The van der Waals surface area contributed by atoms with Gasteiger partial charge in [0.25, 0.3) is 0 Å². The predicted molar refractivity (Wildman–Crippen MR) is 95.2 cm³/mol. The van der Waals surface area contributed by atoms with Gasteiger partial charge < -0.3 is 10.1 Å². The highest BCUT2D eigenvalue weighted by atomic mass is 19.4. The van der Waals surface area contributed by atoms with Crippen LogP contribution in [0.2, 0.25) is 0 Å². The second-order valence-corrected chi connectivity index (χ2v) is 7.01. The molecule has 0 aromatic heterocycles. The van der Waals surface area contributed by atoms with Gasteiger partial charge in [-0.15, -0.1) is 0 Å². The lowest BCUT2D eigenvalue weighted by Crippen LogP contribution is -2.55. The number of halogens is 7. The van der Waals surface area contributed by atoms with Crippen LogP contribution < -0.4 is 10.6 Å². The number of amides is 1. The maximum atomic E-state index is 13.2. The maximum Gasteiger partial charge on any atom is 0.416 e. The molecule has 2 N–H and O–H groups in total. The van der Waals surface area contributed by atoms with Crippen LogP contribution in [0.25, 0.3) is 0 Å². The number of rotatable bonds is 5. The summed E-state index contributed by atoms with van der Waals surface area (Å²) in [5, 5.41) is 5.61. The van der Waals surface area contributed by atoms with Crippen LogP contribution in [0.3, 0.4) is 0 Å². The Morgan fingerprint density at radius 1 is 0.935 bits per heavy atom. The number of benzene rings is 2. The molecule has 0 saturated carbocycles. The smallest absolute Gasteiger partial charge is 0.375 e. The lowest BCUT2D eigenvalue weighted by molar-refractivity contribution is -0.143. The molecule has 1 aliphatic rings. The Bertz CT molecular complexity index is 894. The minimum atomic E-state index is -4.95. The summed E-state index contributed by atoms with van der Waals surface area (Å²) in [4.78, 5) is 11.7. The normalized spacial score (nSPS) is 19.9. The van der Waals surface area contributed by atoms with Gasteiger partial charge in [0.15, 0.2) is 0 Å². The molecule has 31 heavy (non-hydrogen) atoms. The molecule has 2 aromatic rings. The van der Waals surface area contributed by atoms with E-state index in [0.717, 1.165) is 0 Å². The molecule has 2 aromatic carbocycles. The molecule has 0 aliphatic carbocycles. The quantitative estimate of drug-likeness (QED) is 0.672. The molecule has 4 nitrogen and oxygen atoms in total. The molecule has 0 spiro atoms. The topological polar surface area (TPSA) is 50.4 Å². The first-order chi connectivity index (χ1) is 14.4. The van der Waals surface area contributed by atoms with Crippen molar-refractivity contribution >= 4 is 5.91 Å². The van der Waals surface area contributed by atoms with E-state index in [2.05, 4.69) is 10.6 Å². The van der Waals surface area contributed by atoms with Crippen LogP contribution in [0.1, 0.15) is 28.3 Å². The number of nitrogens with one attached hydrogen (secondary N) is 2. The number of carbonyl (C=O) groups is 1. The van der Waals surface area contributed by atoms with Gasteiger partial charge in [-0.1, -0.05) is 12.1 Å². The van der Waals surface area contributed by atoms with Crippen LogP contribution in [0.5, 0.6) is 0 Å². The van der Waals surface area contributed by atoms with Gasteiger partial charge in [0.05, 0.1) is 43.0 Å². The average Bonchev–Trinajstić information content (AvgIpc) is 2.67. The van der Waals surface area contributed by atoms with E-state index in [4.69, 9.17) is 4.74 Å². The number of hydrogen-bond acceptors (Lipinski definition) is 3. The Balaban J connectivity index is 1.74. The summed E-state index contributed by atoms with van der Waals surface area (Å²) in [6.07, 6.45) is -9.91. The van der Waals surface area contributed by atoms with E-state index in [1.165, 1.54) is 24.3 Å². The van der Waals surface area contributed by atoms with E-state index >= 15 is 0 Å². The van der Waals surface area contributed by atoms with E-state index < -0.39 is 48.0 Å². The first-order valence-electron chi connectivity index (χ1n) is 9.08. The fourth-order valence-corrected chi connectivity index (χ4v) is 3.25. The van der Waals surface area contributed by atoms with E-state index in [9.17, 15) is 35.5 Å². The van der Waals surface area contributed by atoms with E-state index in [1.54, 1.807) is 0 Å². The number of carbonyl (C=O) groups excluding carboxylic acids is 1. The van der Waals surface area contributed by atoms with Crippen LogP contribution in [0.15, 0.2) is 42.5 Å². The molecule has 1 aliphatic heterocycles. The SMILES string of the molecule is O=C1CN[C@@H](c2ccc(F)cc2)[C@@H](COCc2cc(C(F)(F)F)cc(C(F)(F)F)c2)N1. The van der Waals surface area contributed by atoms with Gasteiger partial charge in [0.2, 0.25) is 5.91 Å². The Morgan fingerprint density at radius 3 is 2.06 bits per heavy atom. The summed E-state index contributed by atoms with van der Waals surface area (Å²) in [6.45, 7) is -0.741. The minimum absolute atomic E-state index is 0.0128. The number of ether oxygens (including phenoxy) is 1. The first kappa shape index (κ1) is 23.0. The molecule has 1 amide bonds. The maximum absolute atomic E-state index is 13.2. The van der Waals surface area contributed by atoms with Gasteiger partial charge >= 0.3 is 12.4 Å². The van der Waals surface area contributed by atoms with Crippen molar-refractivity contribution < 1.29 is 40.3 Å². The van der Waals surface area contributed by atoms with Crippen LogP contribution in [0.4, 0.5) is 30.7 Å². The molecule has 1 fully saturated rings. The zero-order valence-corrected chi connectivity index (χ0v) is 15.8. The average molecular weight is 450 g/mol. The predicted octanol–water partition coefficient (Wildman–Crippen LogP) is 4.21. The van der Waals surface area contributed by atoms with E-state index in [1.807, 2.05) is 0 Å². The third kappa shape index (κ3) is 5.95. The Labute approximate surface area is 172 Å². The van der Waals surface area contributed by atoms with Crippen LogP contribution in [0, 0.1) is 5.82 Å². The first-order valence-corrected chi connectivity index (χ1v) is 9.08. The lowest BCUT2D eigenvalue weighted by Gasteiger charge is -2.33. The van der Waals surface area contributed by atoms with E-state index in [-0.39, 0.29) is 30.7 Å². The third-order valence-electron chi connectivity index (χ3n) is 4.67. The van der Waals surface area contributed by atoms with Crippen molar-refractivity contribution in [3.05, 3.63) is 70.5 Å². The number of piperazine rings is 1. The largest absolute Gasteiger partial charge is 0.416 e. The lowest BCUT2D eigenvalue weighted by atomic mass is 9.97. The molecule has 0 radical (unpaired) electrons. The summed E-state index contributed by atoms with van der Waals surface area (Å²) in [5.74, 6) is -0.813. The van der Waals surface area contributed by atoms with Crippen molar-refractivity contribution in [2.24, 2.45) is 0 Å². The minimum Gasteiger partial charge on any atom is -0.375 e. The molecular weight excluding hydrogens is 433 g/mol. The molecule has 0 unspecified atom stereocenters. The van der Waals surface area contributed by atoms with Gasteiger partial charge in [-0.25, -0.2) is 4.39 Å². The van der Waals surface area contributed by atoms with Crippen LogP contribution >= 0.6 is 0 Å². The number of hydrogen-bond donors (Lipinski definition) is 2. The molecule has 3 rings (SSSR count). The van der Waals surface area contributed by atoms with Gasteiger partial charge in [0, 0.05) is 0 Å². The van der Waals surface area contributed by atoms with Crippen molar-refractivity contribution in [2.45, 2.75) is 31.0 Å². The zero-order chi connectivity index (χ0) is 22.8. The summed E-state index contributed by atoms with van der Waals surface area (Å²) in [7, 11) is 0. The third-order valence-corrected chi connectivity index (χ3v) is 4.67. The second-order valence-electron chi connectivity index (χ2n) is 7.01. The fourth-order valence-electron chi connectivity index (χ4n) is 3.25. The van der Waals surface area contributed by atoms with Gasteiger partial charge in [-0.2, -0.15) is 26.3 Å². The molecule has 11 heteroatoms. The Morgan fingerprint density at radius 2 is 1.52 bits per heavy atom. The van der Waals surface area contributed by atoms with Crippen LogP contribution in [-0.4, -0.2) is 25.1 Å². The number of alkyl halides is 6. The highest BCUT2D eigenvalue weighted by molar-refractivity contribution is 5.79. The van der Waals surface area contributed by atoms with Crippen LogP contribution in [-0.2, 0) is 28.5 Å². The van der Waals surface area contributed by atoms with Crippen molar-refractivity contribution in [3.63, 3.8) is 0 Å². The van der Waals surface area contributed by atoms with Crippen molar-refractivity contribution in [1.82, 2.24) is 10.6 Å². The molecule has 2 atom stereocenters. The second kappa shape index (κ2) is 8.83. The highest BCUT2D eigenvalue weighted by Gasteiger charge is 2.37. The summed E-state index contributed by atoms with van der Waals surface area (Å²) >= 11 is 0. The van der Waals surface area contributed by atoms with E-state index in [0.29, 0.717) is 17.7 Å². The fraction of sp³-hybridized carbons (Fsp3) is 0.350. The molecule has 1 heterocycles. The molecule has 1 saturated heterocycles. The highest BCUT2D eigenvalue weighted by Crippen LogP contribution is 2.36. The molecule has 0 bridgehead atoms. The van der Waals surface area contributed by atoms with Gasteiger partial charge in [0.1, 0.15) is 5.82 Å². The van der Waals surface area contributed by atoms with Crippen molar-refractivity contribution in [1.29, 1.82) is 0 Å². The van der Waals surface area contributed by atoms with Crippen molar-refractivity contribution in [2.75, 3.05) is 13.2 Å². The summed E-state index contributed by atoms with van der Waals surface area (Å²) in [5.41, 5.74) is -2.54. The monoisotopic (exact) mass is 450 g/mol. The Kier molecular flexibility index (Phi) is 6.56. The molecule has 168 valence electrons. The standard InChI is InChI=1S/C20H17F7N2O2/c21-15-3-1-12(2-4-15)18-16(29-17(30)8-28-18)10-31-9-11-5-13(19(22,23)24)7-14(6-11)20(25,26)27/h1-7,16,18,28H,8-10H2,(H,29,30)/t16-,18+/m1/s1. The zero-order valence-electron chi connectivity index (χ0n) is 15.8.